The zero-order chi connectivity index (χ0) is 14.5. The lowest BCUT2D eigenvalue weighted by molar-refractivity contribution is 0.319. The molecule has 0 aliphatic heterocycles. The van der Waals surface area contributed by atoms with Gasteiger partial charge in [0.15, 0.2) is 0 Å². The third-order valence-electron chi connectivity index (χ3n) is 3.04. The van der Waals surface area contributed by atoms with E-state index in [9.17, 15) is 0 Å². The third kappa shape index (κ3) is 3.45. The van der Waals surface area contributed by atoms with Crippen molar-refractivity contribution < 1.29 is 9.26 Å². The Bertz CT molecular complexity index is 562. The average molecular weight is 295 g/mol. The summed E-state index contributed by atoms with van der Waals surface area (Å²) in [6, 6.07) is 5.58. The molecule has 0 saturated carbocycles. The molecule has 2 aromatic rings. The molecule has 1 N–H and O–H groups in total. The minimum atomic E-state index is 0.629. The van der Waals surface area contributed by atoms with Gasteiger partial charge >= 0.3 is 0 Å². The SMILES string of the molecule is CCCOc1ccc(Cl)cc1NCc1c(C)noc1C. The van der Waals surface area contributed by atoms with Gasteiger partial charge in [-0.2, -0.15) is 0 Å². The Balaban J connectivity index is 2.13. The summed E-state index contributed by atoms with van der Waals surface area (Å²) in [4.78, 5) is 0. The number of aromatic nitrogens is 1. The Morgan fingerprint density at radius 3 is 2.80 bits per heavy atom. The molecule has 0 spiro atoms. The number of aryl methyl sites for hydroxylation is 2. The Morgan fingerprint density at radius 1 is 1.35 bits per heavy atom. The van der Waals surface area contributed by atoms with E-state index < -0.39 is 0 Å². The smallest absolute Gasteiger partial charge is 0.142 e. The lowest BCUT2D eigenvalue weighted by Gasteiger charge is -2.13. The topological polar surface area (TPSA) is 47.3 Å². The van der Waals surface area contributed by atoms with Crippen LogP contribution in [0.25, 0.3) is 0 Å². The number of nitrogens with one attached hydrogen (secondary N) is 1. The molecule has 0 radical (unpaired) electrons. The number of anilines is 1. The second-order valence-corrected chi connectivity index (χ2v) is 5.08. The van der Waals surface area contributed by atoms with Gasteiger partial charge in [-0.15, -0.1) is 0 Å². The molecule has 0 atom stereocenters. The quantitative estimate of drug-likeness (QED) is 0.860. The maximum absolute atomic E-state index is 6.05. The molecule has 108 valence electrons. The maximum Gasteiger partial charge on any atom is 0.142 e. The molecule has 0 aliphatic rings. The molecule has 4 nitrogen and oxygen atoms in total. The van der Waals surface area contributed by atoms with Gasteiger partial charge in [0.1, 0.15) is 11.5 Å². The molecule has 0 aliphatic carbocycles. The molecule has 0 amide bonds. The van der Waals surface area contributed by atoms with E-state index in [0.29, 0.717) is 18.2 Å². The standard InChI is InChI=1S/C15H19ClN2O2/c1-4-7-19-15-6-5-12(16)8-14(15)17-9-13-10(2)18-20-11(13)3/h5-6,8,17H,4,7,9H2,1-3H3. The highest BCUT2D eigenvalue weighted by atomic mass is 35.5. The summed E-state index contributed by atoms with van der Waals surface area (Å²) in [5.74, 6) is 1.64. The zero-order valence-electron chi connectivity index (χ0n) is 12.0. The van der Waals surface area contributed by atoms with Gasteiger partial charge in [0, 0.05) is 17.1 Å². The molecule has 2 rings (SSSR count). The highest BCUT2D eigenvalue weighted by Gasteiger charge is 2.10. The van der Waals surface area contributed by atoms with E-state index >= 15 is 0 Å². The van der Waals surface area contributed by atoms with Crippen LogP contribution in [-0.2, 0) is 6.54 Å². The number of nitrogens with zero attached hydrogens (tertiary/aromatic N) is 1. The van der Waals surface area contributed by atoms with E-state index in [4.69, 9.17) is 20.9 Å². The number of hydrogen-bond acceptors (Lipinski definition) is 4. The molecule has 0 saturated heterocycles. The van der Waals surface area contributed by atoms with Crippen molar-refractivity contribution in [2.75, 3.05) is 11.9 Å². The lowest BCUT2D eigenvalue weighted by atomic mass is 10.2. The predicted molar refractivity (Wildman–Crippen MR) is 80.5 cm³/mol. The summed E-state index contributed by atoms with van der Waals surface area (Å²) in [7, 11) is 0. The van der Waals surface area contributed by atoms with Crippen molar-refractivity contribution in [2.24, 2.45) is 0 Å². The highest BCUT2D eigenvalue weighted by Crippen LogP contribution is 2.29. The molecule has 0 fully saturated rings. The lowest BCUT2D eigenvalue weighted by Crippen LogP contribution is -2.04. The molecule has 0 bridgehead atoms. The van der Waals surface area contributed by atoms with Crippen LogP contribution >= 0.6 is 11.6 Å². The summed E-state index contributed by atoms with van der Waals surface area (Å²) < 4.78 is 10.9. The molecule has 1 aromatic carbocycles. The zero-order valence-corrected chi connectivity index (χ0v) is 12.8. The maximum atomic E-state index is 6.05. The second-order valence-electron chi connectivity index (χ2n) is 4.65. The summed E-state index contributed by atoms with van der Waals surface area (Å²) in [6.45, 7) is 7.22. The molecular weight excluding hydrogens is 276 g/mol. The minimum absolute atomic E-state index is 0.629. The first-order valence-corrected chi connectivity index (χ1v) is 7.07. The van der Waals surface area contributed by atoms with Crippen molar-refractivity contribution >= 4 is 17.3 Å². The number of ether oxygens (including phenoxy) is 1. The molecule has 1 heterocycles. The molecule has 5 heteroatoms. The minimum Gasteiger partial charge on any atom is -0.491 e. The fraction of sp³-hybridized carbons (Fsp3) is 0.400. The van der Waals surface area contributed by atoms with Crippen LogP contribution in [0.4, 0.5) is 5.69 Å². The molecule has 1 aromatic heterocycles. The molecule has 0 unspecified atom stereocenters. The van der Waals surface area contributed by atoms with E-state index in [0.717, 1.165) is 34.9 Å². The van der Waals surface area contributed by atoms with Crippen LogP contribution in [0, 0.1) is 13.8 Å². The van der Waals surface area contributed by atoms with Crippen LogP contribution in [0.3, 0.4) is 0 Å². The van der Waals surface area contributed by atoms with Crippen LogP contribution in [-0.4, -0.2) is 11.8 Å². The van der Waals surface area contributed by atoms with Crippen LogP contribution in [0.15, 0.2) is 22.7 Å². The van der Waals surface area contributed by atoms with Crippen molar-refractivity contribution in [2.45, 2.75) is 33.7 Å². The number of rotatable bonds is 6. The Labute approximate surface area is 124 Å². The first-order valence-electron chi connectivity index (χ1n) is 6.69. The van der Waals surface area contributed by atoms with Gasteiger partial charge in [-0.3, -0.25) is 0 Å². The molecule has 20 heavy (non-hydrogen) atoms. The van der Waals surface area contributed by atoms with E-state index in [1.165, 1.54) is 0 Å². The van der Waals surface area contributed by atoms with Crippen molar-refractivity contribution in [3.05, 3.63) is 40.2 Å². The second kappa shape index (κ2) is 6.66. The van der Waals surface area contributed by atoms with Gasteiger partial charge < -0.3 is 14.6 Å². The van der Waals surface area contributed by atoms with Crippen molar-refractivity contribution in [3.8, 4) is 5.75 Å². The Kier molecular flexibility index (Phi) is 4.90. The van der Waals surface area contributed by atoms with Crippen LogP contribution < -0.4 is 10.1 Å². The summed E-state index contributed by atoms with van der Waals surface area (Å²) in [5.41, 5.74) is 2.84. The normalized spacial score (nSPS) is 10.6. The van der Waals surface area contributed by atoms with Crippen molar-refractivity contribution in [3.63, 3.8) is 0 Å². The summed E-state index contributed by atoms with van der Waals surface area (Å²) in [6.07, 6.45) is 0.964. The van der Waals surface area contributed by atoms with Gasteiger partial charge in [0.25, 0.3) is 0 Å². The van der Waals surface area contributed by atoms with Crippen LogP contribution in [0.2, 0.25) is 5.02 Å². The number of hydrogen-bond donors (Lipinski definition) is 1. The van der Waals surface area contributed by atoms with E-state index in [1.807, 2.05) is 32.0 Å². The third-order valence-corrected chi connectivity index (χ3v) is 3.28. The monoisotopic (exact) mass is 294 g/mol. The van der Waals surface area contributed by atoms with Crippen molar-refractivity contribution in [1.29, 1.82) is 0 Å². The van der Waals surface area contributed by atoms with Crippen LogP contribution in [0.5, 0.6) is 5.75 Å². The van der Waals surface area contributed by atoms with Crippen molar-refractivity contribution in [1.82, 2.24) is 5.16 Å². The fourth-order valence-corrected chi connectivity index (χ4v) is 2.09. The van der Waals surface area contributed by atoms with Crippen LogP contribution in [0.1, 0.15) is 30.4 Å². The predicted octanol–water partition coefficient (Wildman–Crippen LogP) is 4.35. The van der Waals surface area contributed by atoms with Gasteiger partial charge in [-0.25, -0.2) is 0 Å². The van der Waals surface area contributed by atoms with E-state index in [-0.39, 0.29) is 0 Å². The molecular formula is C15H19ClN2O2. The van der Waals surface area contributed by atoms with E-state index in [2.05, 4.69) is 17.4 Å². The van der Waals surface area contributed by atoms with Gasteiger partial charge in [-0.05, 0) is 38.5 Å². The Morgan fingerprint density at radius 2 is 2.15 bits per heavy atom. The summed E-state index contributed by atoms with van der Waals surface area (Å²) in [5, 5.41) is 7.96. The largest absolute Gasteiger partial charge is 0.491 e. The number of benzene rings is 1. The summed E-state index contributed by atoms with van der Waals surface area (Å²) >= 11 is 6.05. The first kappa shape index (κ1) is 14.7. The van der Waals surface area contributed by atoms with Gasteiger partial charge in [0.05, 0.1) is 18.0 Å². The fourth-order valence-electron chi connectivity index (χ4n) is 1.92. The first-order chi connectivity index (χ1) is 9.61. The average Bonchev–Trinajstić information content (AvgIpc) is 2.75. The number of halogens is 1. The van der Waals surface area contributed by atoms with Gasteiger partial charge in [-0.1, -0.05) is 23.7 Å². The Hall–Kier alpha value is -1.68. The highest BCUT2D eigenvalue weighted by molar-refractivity contribution is 6.30. The van der Waals surface area contributed by atoms with E-state index in [1.54, 1.807) is 0 Å². The van der Waals surface area contributed by atoms with Gasteiger partial charge in [0.2, 0.25) is 0 Å².